The van der Waals surface area contributed by atoms with E-state index >= 15 is 0 Å². The zero-order valence-corrected chi connectivity index (χ0v) is 13.7. The van der Waals surface area contributed by atoms with Crippen LogP contribution in [-0.4, -0.2) is 46.9 Å². The van der Waals surface area contributed by atoms with Gasteiger partial charge in [0.15, 0.2) is 0 Å². The van der Waals surface area contributed by atoms with Crippen molar-refractivity contribution in [1.82, 2.24) is 9.80 Å². The van der Waals surface area contributed by atoms with Crippen molar-refractivity contribution >= 4 is 11.9 Å². The van der Waals surface area contributed by atoms with Gasteiger partial charge >= 0.3 is 5.97 Å². The first kappa shape index (κ1) is 17.5. The van der Waals surface area contributed by atoms with Crippen LogP contribution in [0.1, 0.15) is 18.4 Å². The van der Waals surface area contributed by atoms with Gasteiger partial charge in [-0.1, -0.05) is 30.3 Å². The highest BCUT2D eigenvalue weighted by Crippen LogP contribution is 2.19. The van der Waals surface area contributed by atoms with E-state index in [-0.39, 0.29) is 11.5 Å². The lowest BCUT2D eigenvalue weighted by Crippen LogP contribution is -2.41. The van der Waals surface area contributed by atoms with Crippen molar-refractivity contribution in [2.45, 2.75) is 19.4 Å². The highest BCUT2D eigenvalue weighted by atomic mass is 16.4. The van der Waals surface area contributed by atoms with Crippen LogP contribution >= 0.6 is 0 Å². The quantitative estimate of drug-likeness (QED) is 0.659. The highest BCUT2D eigenvalue weighted by Gasteiger charge is 2.28. The second-order valence-electron chi connectivity index (χ2n) is 5.96. The number of nitrogens with zero attached hydrogens (tertiary/aromatic N) is 3. The van der Waals surface area contributed by atoms with Crippen LogP contribution < -0.4 is 0 Å². The molecule has 1 aromatic rings. The van der Waals surface area contributed by atoms with Gasteiger partial charge in [0.05, 0.1) is 5.92 Å². The number of carboxylic acids is 1. The fourth-order valence-electron chi connectivity index (χ4n) is 2.77. The molecule has 0 radical (unpaired) electrons. The van der Waals surface area contributed by atoms with E-state index in [9.17, 15) is 14.9 Å². The summed E-state index contributed by atoms with van der Waals surface area (Å²) in [5.74, 6) is -1.55. The number of piperidine rings is 1. The van der Waals surface area contributed by atoms with Crippen molar-refractivity contribution in [1.29, 1.82) is 5.26 Å². The minimum Gasteiger partial charge on any atom is -0.481 e. The summed E-state index contributed by atoms with van der Waals surface area (Å²) >= 11 is 0. The molecule has 2 rings (SSSR count). The molecule has 1 aromatic carbocycles. The maximum absolute atomic E-state index is 12.5. The van der Waals surface area contributed by atoms with Gasteiger partial charge in [-0.2, -0.15) is 5.26 Å². The number of hydrogen-bond donors (Lipinski definition) is 1. The average molecular weight is 327 g/mol. The zero-order valence-electron chi connectivity index (χ0n) is 13.7. The third-order valence-electron chi connectivity index (χ3n) is 4.11. The third kappa shape index (κ3) is 4.59. The maximum atomic E-state index is 12.5. The molecule has 1 amide bonds. The molecule has 24 heavy (non-hydrogen) atoms. The van der Waals surface area contributed by atoms with Crippen molar-refractivity contribution in [2.24, 2.45) is 5.92 Å². The molecule has 0 atom stereocenters. The average Bonchev–Trinajstić information content (AvgIpc) is 2.60. The van der Waals surface area contributed by atoms with Crippen LogP contribution in [0.15, 0.2) is 42.1 Å². The van der Waals surface area contributed by atoms with Gasteiger partial charge in [0.2, 0.25) is 0 Å². The first-order valence-electron chi connectivity index (χ1n) is 7.89. The Kier molecular flexibility index (Phi) is 5.96. The molecule has 0 aromatic heterocycles. The molecule has 1 aliphatic heterocycles. The smallest absolute Gasteiger partial charge is 0.306 e. The summed E-state index contributed by atoms with van der Waals surface area (Å²) in [4.78, 5) is 26.8. The monoisotopic (exact) mass is 327 g/mol. The zero-order chi connectivity index (χ0) is 17.5. The van der Waals surface area contributed by atoms with Crippen molar-refractivity contribution in [3.05, 3.63) is 47.7 Å². The van der Waals surface area contributed by atoms with E-state index in [4.69, 9.17) is 5.11 Å². The molecule has 1 N–H and O–H groups in total. The summed E-state index contributed by atoms with van der Waals surface area (Å²) in [5, 5.41) is 18.3. The number of rotatable bonds is 5. The first-order chi connectivity index (χ1) is 11.5. The normalized spacial score (nSPS) is 15.7. The second-order valence-corrected chi connectivity index (χ2v) is 5.96. The van der Waals surface area contributed by atoms with Crippen molar-refractivity contribution in [3.8, 4) is 6.07 Å². The first-order valence-corrected chi connectivity index (χ1v) is 7.89. The minimum absolute atomic E-state index is 0.0715. The number of likely N-dealkylation sites (tertiary alicyclic amines) is 1. The Morgan fingerprint density at radius 3 is 2.50 bits per heavy atom. The molecule has 6 nitrogen and oxygen atoms in total. The predicted molar refractivity (Wildman–Crippen MR) is 88.5 cm³/mol. The Morgan fingerprint density at radius 1 is 1.33 bits per heavy atom. The minimum atomic E-state index is -0.819. The summed E-state index contributed by atoms with van der Waals surface area (Å²) in [6.07, 6.45) is 2.41. The second kappa shape index (κ2) is 8.16. The molecule has 126 valence electrons. The van der Waals surface area contributed by atoms with Gasteiger partial charge in [-0.3, -0.25) is 9.59 Å². The third-order valence-corrected chi connectivity index (χ3v) is 4.11. The Bertz CT molecular complexity index is 656. The standard InChI is InChI=1S/C18H21N3O3/c1-20(12-14-5-3-2-4-6-14)13-16(11-19)17(22)21-9-7-15(8-10-21)18(23)24/h2-6,13,15H,7-10,12H2,1H3,(H,23,24)/b16-13-. The summed E-state index contributed by atoms with van der Waals surface area (Å²) in [6, 6.07) is 11.7. The topological polar surface area (TPSA) is 84.6 Å². The summed E-state index contributed by atoms with van der Waals surface area (Å²) < 4.78 is 0. The summed E-state index contributed by atoms with van der Waals surface area (Å²) in [5.41, 5.74) is 1.16. The fraction of sp³-hybridized carbons (Fsp3) is 0.389. The SMILES string of the molecule is CN(/C=C(/C#N)C(=O)N1CCC(C(=O)O)CC1)Cc1ccccc1. The number of carboxylic acid groups (broad SMARTS) is 1. The Balaban J connectivity index is 1.98. The van der Waals surface area contributed by atoms with Crippen LogP contribution in [0.5, 0.6) is 0 Å². The number of aliphatic carboxylic acids is 1. The van der Waals surface area contributed by atoms with Crippen LogP contribution in [0.3, 0.4) is 0 Å². The molecule has 0 aliphatic carbocycles. The molecular weight excluding hydrogens is 306 g/mol. The molecule has 0 bridgehead atoms. The summed E-state index contributed by atoms with van der Waals surface area (Å²) in [6.45, 7) is 1.34. The molecule has 0 saturated carbocycles. The fourth-order valence-corrected chi connectivity index (χ4v) is 2.77. The number of nitriles is 1. The molecule has 0 spiro atoms. The number of carbonyl (C=O) groups excluding carboxylic acids is 1. The van der Waals surface area contributed by atoms with Gasteiger partial charge in [0, 0.05) is 32.9 Å². The highest BCUT2D eigenvalue weighted by molar-refractivity contribution is 5.97. The molecule has 0 unspecified atom stereocenters. The van der Waals surface area contributed by atoms with E-state index in [1.807, 2.05) is 43.4 Å². The van der Waals surface area contributed by atoms with E-state index in [1.54, 1.807) is 16.0 Å². The van der Waals surface area contributed by atoms with Gasteiger partial charge in [-0.15, -0.1) is 0 Å². The Labute approximate surface area is 141 Å². The van der Waals surface area contributed by atoms with Gasteiger partial charge in [-0.05, 0) is 18.4 Å². The lowest BCUT2D eigenvalue weighted by Gasteiger charge is -2.30. The number of amides is 1. The van der Waals surface area contributed by atoms with E-state index in [1.165, 1.54) is 0 Å². The van der Waals surface area contributed by atoms with Gasteiger partial charge in [0.25, 0.3) is 5.91 Å². The van der Waals surface area contributed by atoms with Gasteiger partial charge in [0.1, 0.15) is 11.6 Å². The van der Waals surface area contributed by atoms with Crippen molar-refractivity contribution in [2.75, 3.05) is 20.1 Å². The van der Waals surface area contributed by atoms with E-state index < -0.39 is 11.9 Å². The van der Waals surface area contributed by atoms with Crippen molar-refractivity contribution in [3.63, 3.8) is 0 Å². The van der Waals surface area contributed by atoms with E-state index in [2.05, 4.69) is 0 Å². The molecular formula is C18H21N3O3. The molecule has 1 heterocycles. The number of hydrogen-bond acceptors (Lipinski definition) is 4. The van der Waals surface area contributed by atoms with E-state index in [0.29, 0.717) is 32.5 Å². The number of benzene rings is 1. The molecule has 1 aliphatic rings. The molecule has 1 saturated heterocycles. The lowest BCUT2D eigenvalue weighted by atomic mass is 9.97. The lowest BCUT2D eigenvalue weighted by molar-refractivity contribution is -0.145. The van der Waals surface area contributed by atoms with Gasteiger partial charge in [-0.25, -0.2) is 0 Å². The van der Waals surface area contributed by atoms with E-state index in [0.717, 1.165) is 5.56 Å². The van der Waals surface area contributed by atoms with Crippen LogP contribution in [0.25, 0.3) is 0 Å². The summed E-state index contributed by atoms with van der Waals surface area (Å²) in [7, 11) is 1.81. The van der Waals surface area contributed by atoms with Crippen LogP contribution in [-0.2, 0) is 16.1 Å². The predicted octanol–water partition coefficient (Wildman–Crippen LogP) is 1.85. The largest absolute Gasteiger partial charge is 0.481 e. The van der Waals surface area contributed by atoms with Crippen LogP contribution in [0, 0.1) is 17.2 Å². The van der Waals surface area contributed by atoms with Gasteiger partial charge < -0.3 is 14.9 Å². The molecule has 1 fully saturated rings. The maximum Gasteiger partial charge on any atom is 0.306 e. The van der Waals surface area contributed by atoms with Crippen LogP contribution in [0.2, 0.25) is 0 Å². The number of carbonyl (C=O) groups is 2. The molecule has 6 heteroatoms. The Hall–Kier alpha value is -2.81. The Morgan fingerprint density at radius 2 is 1.96 bits per heavy atom. The van der Waals surface area contributed by atoms with Crippen LogP contribution in [0.4, 0.5) is 0 Å². The van der Waals surface area contributed by atoms with Crippen molar-refractivity contribution < 1.29 is 14.7 Å².